The summed E-state index contributed by atoms with van der Waals surface area (Å²) in [6.07, 6.45) is 0. The van der Waals surface area contributed by atoms with Crippen LogP contribution in [0.3, 0.4) is 0 Å². The fourth-order valence-electron chi connectivity index (χ4n) is 1.56. The van der Waals surface area contributed by atoms with Gasteiger partial charge in [0, 0.05) is 5.69 Å². The molecule has 6 heteroatoms. The number of anilines is 1. The van der Waals surface area contributed by atoms with E-state index in [-0.39, 0.29) is 10.6 Å². The predicted molar refractivity (Wildman–Crippen MR) is 73.5 cm³/mol. The van der Waals surface area contributed by atoms with Crippen LogP contribution in [0.1, 0.15) is 5.56 Å². The van der Waals surface area contributed by atoms with Crippen LogP contribution in [0, 0.1) is 6.92 Å². The van der Waals surface area contributed by atoms with E-state index in [9.17, 15) is 8.42 Å². The molecule has 0 amide bonds. The highest BCUT2D eigenvalue weighted by Crippen LogP contribution is 2.29. The van der Waals surface area contributed by atoms with Gasteiger partial charge in [-0.15, -0.1) is 0 Å². The van der Waals surface area contributed by atoms with E-state index in [4.69, 9.17) is 15.6 Å². The average molecular weight is 278 g/mol. The second-order valence-corrected chi connectivity index (χ2v) is 5.70. The van der Waals surface area contributed by atoms with Crippen molar-refractivity contribution in [1.29, 1.82) is 0 Å². The number of primary sulfonamides is 1. The summed E-state index contributed by atoms with van der Waals surface area (Å²) in [7, 11) is -3.89. The maximum atomic E-state index is 11.5. The first-order valence-corrected chi connectivity index (χ1v) is 7.08. The van der Waals surface area contributed by atoms with Gasteiger partial charge in [-0.05, 0) is 37.3 Å². The van der Waals surface area contributed by atoms with Crippen molar-refractivity contribution in [3.63, 3.8) is 0 Å². The van der Waals surface area contributed by atoms with E-state index in [1.165, 1.54) is 12.1 Å². The SMILES string of the molecule is Cc1ccc(Oc2ccc(N)cc2S(N)(=O)=O)cc1. The van der Waals surface area contributed by atoms with Gasteiger partial charge < -0.3 is 10.5 Å². The van der Waals surface area contributed by atoms with Gasteiger partial charge >= 0.3 is 0 Å². The summed E-state index contributed by atoms with van der Waals surface area (Å²) in [6.45, 7) is 1.95. The largest absolute Gasteiger partial charge is 0.456 e. The number of benzene rings is 2. The van der Waals surface area contributed by atoms with Crippen LogP contribution in [0.2, 0.25) is 0 Å². The summed E-state index contributed by atoms with van der Waals surface area (Å²) in [5, 5.41) is 5.14. The molecule has 2 aromatic carbocycles. The fourth-order valence-corrected chi connectivity index (χ4v) is 2.26. The maximum Gasteiger partial charge on any atom is 0.241 e. The van der Waals surface area contributed by atoms with Crippen molar-refractivity contribution < 1.29 is 13.2 Å². The number of nitrogens with two attached hydrogens (primary N) is 2. The smallest absolute Gasteiger partial charge is 0.241 e. The number of nitrogen functional groups attached to an aromatic ring is 1. The number of hydrogen-bond acceptors (Lipinski definition) is 4. The molecule has 4 N–H and O–H groups in total. The van der Waals surface area contributed by atoms with Crippen LogP contribution in [-0.4, -0.2) is 8.42 Å². The van der Waals surface area contributed by atoms with E-state index in [0.717, 1.165) is 5.56 Å². The highest BCUT2D eigenvalue weighted by atomic mass is 32.2. The van der Waals surface area contributed by atoms with Gasteiger partial charge in [-0.25, -0.2) is 13.6 Å². The molecule has 2 rings (SSSR count). The van der Waals surface area contributed by atoms with Gasteiger partial charge in [0.2, 0.25) is 10.0 Å². The molecule has 5 nitrogen and oxygen atoms in total. The molecule has 0 heterocycles. The molecule has 0 unspecified atom stereocenters. The van der Waals surface area contributed by atoms with E-state index in [1.54, 1.807) is 18.2 Å². The Hall–Kier alpha value is -2.05. The Morgan fingerprint density at radius 1 is 1.05 bits per heavy atom. The van der Waals surface area contributed by atoms with Crippen molar-refractivity contribution in [3.8, 4) is 11.5 Å². The van der Waals surface area contributed by atoms with Crippen LogP contribution in [0.15, 0.2) is 47.4 Å². The lowest BCUT2D eigenvalue weighted by Gasteiger charge is -2.10. The quantitative estimate of drug-likeness (QED) is 0.839. The molecular formula is C13H14N2O3S. The van der Waals surface area contributed by atoms with Crippen molar-refractivity contribution in [3.05, 3.63) is 48.0 Å². The number of rotatable bonds is 3. The molecule has 0 aliphatic heterocycles. The van der Waals surface area contributed by atoms with Crippen LogP contribution in [0.4, 0.5) is 5.69 Å². The first-order valence-electron chi connectivity index (χ1n) is 5.53. The van der Waals surface area contributed by atoms with Gasteiger partial charge in [-0.1, -0.05) is 17.7 Å². The summed E-state index contributed by atoms with van der Waals surface area (Å²) in [6, 6.07) is 11.5. The summed E-state index contributed by atoms with van der Waals surface area (Å²) < 4.78 is 28.5. The van der Waals surface area contributed by atoms with Crippen LogP contribution < -0.4 is 15.6 Å². The minimum atomic E-state index is -3.89. The molecule has 0 spiro atoms. The fraction of sp³-hybridized carbons (Fsp3) is 0.0769. The predicted octanol–water partition coefficient (Wildman–Crippen LogP) is 2.02. The monoisotopic (exact) mass is 278 g/mol. The van der Waals surface area contributed by atoms with Crippen LogP contribution in [0.5, 0.6) is 11.5 Å². The third-order valence-corrected chi connectivity index (χ3v) is 3.46. The Morgan fingerprint density at radius 3 is 2.26 bits per heavy atom. The van der Waals surface area contributed by atoms with Gasteiger partial charge in [-0.3, -0.25) is 0 Å². The highest BCUT2D eigenvalue weighted by molar-refractivity contribution is 7.89. The zero-order valence-corrected chi connectivity index (χ0v) is 11.1. The van der Waals surface area contributed by atoms with E-state index in [2.05, 4.69) is 0 Å². The number of sulfonamides is 1. The Kier molecular flexibility index (Phi) is 3.46. The third kappa shape index (κ3) is 3.24. The zero-order chi connectivity index (χ0) is 14.0. The molecule has 0 aliphatic carbocycles. The lowest BCUT2D eigenvalue weighted by molar-refractivity contribution is 0.467. The summed E-state index contributed by atoms with van der Waals surface area (Å²) >= 11 is 0. The van der Waals surface area contributed by atoms with Gasteiger partial charge in [-0.2, -0.15) is 0 Å². The van der Waals surface area contributed by atoms with Gasteiger partial charge in [0.25, 0.3) is 0 Å². The Balaban J connectivity index is 2.43. The molecule has 0 atom stereocenters. The van der Waals surface area contributed by atoms with E-state index in [1.807, 2.05) is 19.1 Å². The molecule has 0 saturated carbocycles. The third-order valence-electron chi connectivity index (χ3n) is 2.52. The van der Waals surface area contributed by atoms with E-state index in [0.29, 0.717) is 11.4 Å². The molecule has 0 fully saturated rings. The number of hydrogen-bond donors (Lipinski definition) is 2. The van der Waals surface area contributed by atoms with Gasteiger partial charge in [0.15, 0.2) is 0 Å². The van der Waals surface area contributed by atoms with Crippen molar-refractivity contribution >= 4 is 15.7 Å². The van der Waals surface area contributed by atoms with Crippen molar-refractivity contribution in [2.24, 2.45) is 5.14 Å². The van der Waals surface area contributed by atoms with Crippen molar-refractivity contribution in [2.45, 2.75) is 11.8 Å². The molecule has 0 saturated heterocycles. The zero-order valence-electron chi connectivity index (χ0n) is 10.3. The van der Waals surface area contributed by atoms with Crippen molar-refractivity contribution in [2.75, 3.05) is 5.73 Å². The number of ether oxygens (including phenoxy) is 1. The molecule has 0 aliphatic rings. The van der Waals surface area contributed by atoms with Crippen LogP contribution in [0.25, 0.3) is 0 Å². The maximum absolute atomic E-state index is 11.5. The Labute approximate surface area is 111 Å². The standard InChI is InChI=1S/C13H14N2O3S/c1-9-2-5-11(6-3-9)18-12-7-4-10(14)8-13(12)19(15,16)17/h2-8H,14H2,1H3,(H2,15,16,17). The van der Waals surface area contributed by atoms with Crippen molar-refractivity contribution in [1.82, 2.24) is 0 Å². The van der Waals surface area contributed by atoms with E-state index >= 15 is 0 Å². The first kappa shape index (κ1) is 13.4. The molecule has 19 heavy (non-hydrogen) atoms. The lowest BCUT2D eigenvalue weighted by atomic mass is 10.2. The second-order valence-electron chi connectivity index (χ2n) is 4.17. The van der Waals surface area contributed by atoms with Gasteiger partial charge in [0.05, 0.1) is 0 Å². The number of aryl methyl sites for hydroxylation is 1. The average Bonchev–Trinajstić information content (AvgIpc) is 2.33. The summed E-state index contributed by atoms with van der Waals surface area (Å²) in [5.74, 6) is 0.681. The highest BCUT2D eigenvalue weighted by Gasteiger charge is 2.16. The molecule has 0 bridgehead atoms. The second kappa shape index (κ2) is 4.91. The van der Waals surface area contributed by atoms with Gasteiger partial charge in [0.1, 0.15) is 16.4 Å². The minimum Gasteiger partial charge on any atom is -0.456 e. The molecule has 0 radical (unpaired) electrons. The minimum absolute atomic E-state index is 0.131. The van der Waals surface area contributed by atoms with Crippen LogP contribution in [-0.2, 0) is 10.0 Å². The summed E-state index contributed by atoms with van der Waals surface area (Å²) in [4.78, 5) is -0.131. The molecule has 100 valence electrons. The molecule has 2 aromatic rings. The Bertz CT molecular complexity index is 694. The molecular weight excluding hydrogens is 264 g/mol. The van der Waals surface area contributed by atoms with E-state index < -0.39 is 10.0 Å². The Morgan fingerprint density at radius 2 is 1.68 bits per heavy atom. The molecule has 0 aromatic heterocycles. The lowest BCUT2D eigenvalue weighted by Crippen LogP contribution is -2.13. The van der Waals surface area contributed by atoms with Crippen LogP contribution >= 0.6 is 0 Å². The topological polar surface area (TPSA) is 95.4 Å². The summed E-state index contributed by atoms with van der Waals surface area (Å²) in [5.41, 5.74) is 6.95. The first-order chi connectivity index (χ1) is 8.86. The normalized spacial score (nSPS) is 11.3.